The Morgan fingerprint density at radius 1 is 1.11 bits per heavy atom. The van der Waals surface area contributed by atoms with Gasteiger partial charge in [-0.25, -0.2) is 0 Å². The van der Waals surface area contributed by atoms with Gasteiger partial charge in [-0.1, -0.05) is 39.8 Å². The van der Waals surface area contributed by atoms with Crippen molar-refractivity contribution < 1.29 is 4.74 Å². The van der Waals surface area contributed by atoms with Crippen LogP contribution in [0, 0.1) is 0 Å². The van der Waals surface area contributed by atoms with Crippen LogP contribution in [0.1, 0.15) is 11.8 Å². The molecule has 1 atom stereocenters. The van der Waals surface area contributed by atoms with Gasteiger partial charge in [-0.05, 0) is 36.6 Å². The highest BCUT2D eigenvalue weighted by Gasteiger charge is 2.26. The van der Waals surface area contributed by atoms with Gasteiger partial charge in [0.25, 0.3) is 0 Å². The summed E-state index contributed by atoms with van der Waals surface area (Å²) in [5.41, 5.74) is 4.59. The molecule has 0 spiro atoms. The van der Waals surface area contributed by atoms with Crippen molar-refractivity contribution in [2.24, 2.45) is 0 Å². The molecule has 2 heterocycles. The maximum Gasteiger partial charge on any atom is 0.247 e. The number of ether oxygens (including phenoxy) is 1. The Bertz CT molecular complexity index is 980. The molecular weight excluding hydrogens is 426 g/mol. The van der Waals surface area contributed by atoms with Gasteiger partial charge in [0.2, 0.25) is 11.0 Å². The maximum atomic E-state index is 6.24. The number of hydrogen-bond donors (Lipinski definition) is 1. The van der Waals surface area contributed by atoms with Crippen molar-refractivity contribution in [3.63, 3.8) is 0 Å². The first kappa shape index (κ1) is 18.1. The Morgan fingerprint density at radius 3 is 2.59 bits per heavy atom. The lowest BCUT2D eigenvalue weighted by Gasteiger charge is -2.20. The van der Waals surface area contributed by atoms with E-state index in [4.69, 9.17) is 4.74 Å². The second-order valence-electron chi connectivity index (χ2n) is 6.27. The van der Waals surface area contributed by atoms with Crippen LogP contribution in [0.4, 0.5) is 11.4 Å². The summed E-state index contributed by atoms with van der Waals surface area (Å²) in [6.45, 7) is 0. The molecule has 1 aliphatic rings. The van der Waals surface area contributed by atoms with Crippen molar-refractivity contribution in [3.05, 3.63) is 52.5 Å². The minimum atomic E-state index is -0.381. The van der Waals surface area contributed by atoms with E-state index in [1.54, 1.807) is 0 Å². The lowest BCUT2D eigenvalue weighted by molar-refractivity contribution is 0.225. The van der Waals surface area contributed by atoms with E-state index in [-0.39, 0.29) is 6.23 Å². The molecule has 6 nitrogen and oxygen atoms in total. The number of benzene rings is 2. The van der Waals surface area contributed by atoms with E-state index in [1.807, 2.05) is 38.6 Å². The Hall–Kier alpha value is -2.32. The summed E-state index contributed by atoms with van der Waals surface area (Å²) in [5.74, 6) is 0.473. The molecule has 8 heteroatoms. The average molecular weight is 444 g/mol. The van der Waals surface area contributed by atoms with Crippen LogP contribution in [0.3, 0.4) is 0 Å². The van der Waals surface area contributed by atoms with Crippen LogP contribution in [0.15, 0.2) is 52.1 Å². The van der Waals surface area contributed by atoms with Crippen LogP contribution < -0.4 is 15.0 Å². The van der Waals surface area contributed by atoms with Gasteiger partial charge in [-0.2, -0.15) is 4.98 Å². The van der Waals surface area contributed by atoms with E-state index in [0.29, 0.717) is 16.7 Å². The van der Waals surface area contributed by atoms with E-state index >= 15 is 0 Å². The molecule has 0 radical (unpaired) electrons. The van der Waals surface area contributed by atoms with Crippen molar-refractivity contribution in [1.82, 2.24) is 15.2 Å². The molecule has 1 aliphatic heterocycles. The van der Waals surface area contributed by atoms with Gasteiger partial charge in [0, 0.05) is 41.1 Å². The van der Waals surface area contributed by atoms with Gasteiger partial charge in [0.1, 0.15) is 0 Å². The lowest BCUT2D eigenvalue weighted by atomic mass is 10.1. The first-order valence-electron chi connectivity index (χ1n) is 8.34. The highest BCUT2D eigenvalue weighted by Crippen LogP contribution is 2.40. The summed E-state index contributed by atoms with van der Waals surface area (Å²) < 4.78 is 7.20. The van der Waals surface area contributed by atoms with Crippen LogP contribution in [0.5, 0.6) is 5.88 Å². The monoisotopic (exact) mass is 443 g/mol. The van der Waals surface area contributed by atoms with Gasteiger partial charge in [-0.15, -0.1) is 10.2 Å². The number of halogens is 1. The Labute approximate surface area is 170 Å². The Kier molecular flexibility index (Phi) is 4.92. The summed E-state index contributed by atoms with van der Waals surface area (Å²) in [5, 5.41) is 12.6. The van der Waals surface area contributed by atoms with Gasteiger partial charge in [0.05, 0.1) is 0 Å². The third kappa shape index (κ3) is 3.59. The van der Waals surface area contributed by atoms with Gasteiger partial charge >= 0.3 is 0 Å². The van der Waals surface area contributed by atoms with Crippen LogP contribution in [-0.2, 0) is 0 Å². The summed E-state index contributed by atoms with van der Waals surface area (Å²) >= 11 is 4.97. The molecule has 0 amide bonds. The molecule has 3 aromatic rings. The normalized spacial score (nSPS) is 15.0. The number of hydrogen-bond acceptors (Lipinski definition) is 7. The first-order chi connectivity index (χ1) is 13.0. The molecule has 0 aliphatic carbocycles. The third-order valence-corrected chi connectivity index (χ3v) is 5.31. The molecule has 138 valence electrons. The molecule has 1 aromatic heterocycles. The minimum Gasteiger partial charge on any atom is -0.448 e. The SMILES string of the molecule is CSc1nnc2c(n1)O[C@H](c1ccc(N(C)C)cc1)Nc1ccc(Br)cc1-2. The van der Waals surface area contributed by atoms with Crippen LogP contribution in [0.25, 0.3) is 11.3 Å². The zero-order valence-electron chi connectivity index (χ0n) is 15.1. The standard InChI is InChI=1S/C19H18BrN5OS/c1-25(2)13-7-4-11(5-8-13)17-21-15-9-6-12(20)10-14(15)16-18(26-17)22-19(27-3)24-23-16/h4-10,17,21H,1-3H3/t17-/m1/s1. The molecule has 0 saturated heterocycles. The van der Waals surface area contributed by atoms with Gasteiger partial charge in [-0.3, -0.25) is 0 Å². The smallest absolute Gasteiger partial charge is 0.247 e. The number of fused-ring (bicyclic) bond motifs is 3. The fraction of sp³-hybridized carbons (Fsp3) is 0.211. The third-order valence-electron chi connectivity index (χ3n) is 4.28. The Morgan fingerprint density at radius 2 is 1.89 bits per heavy atom. The zero-order valence-corrected chi connectivity index (χ0v) is 17.5. The second-order valence-corrected chi connectivity index (χ2v) is 7.96. The summed E-state index contributed by atoms with van der Waals surface area (Å²) in [7, 11) is 4.04. The molecule has 2 aromatic carbocycles. The Balaban J connectivity index is 1.81. The average Bonchev–Trinajstić information content (AvgIpc) is 2.84. The van der Waals surface area contributed by atoms with Crippen molar-refractivity contribution in [3.8, 4) is 17.1 Å². The number of nitrogens with zero attached hydrogens (tertiary/aromatic N) is 4. The van der Waals surface area contributed by atoms with E-state index in [1.165, 1.54) is 11.8 Å². The van der Waals surface area contributed by atoms with Crippen molar-refractivity contribution in [2.75, 3.05) is 30.6 Å². The van der Waals surface area contributed by atoms with Gasteiger partial charge in [0.15, 0.2) is 11.9 Å². The molecule has 0 fully saturated rings. The molecule has 0 unspecified atom stereocenters. The molecule has 0 bridgehead atoms. The number of aromatic nitrogens is 3. The largest absolute Gasteiger partial charge is 0.448 e. The predicted molar refractivity (Wildman–Crippen MR) is 113 cm³/mol. The molecule has 0 saturated carbocycles. The first-order valence-corrected chi connectivity index (χ1v) is 10.4. The van der Waals surface area contributed by atoms with Crippen molar-refractivity contribution in [1.29, 1.82) is 0 Å². The molecule has 27 heavy (non-hydrogen) atoms. The highest BCUT2D eigenvalue weighted by atomic mass is 79.9. The maximum absolute atomic E-state index is 6.24. The van der Waals surface area contributed by atoms with Crippen molar-refractivity contribution in [2.45, 2.75) is 11.4 Å². The highest BCUT2D eigenvalue weighted by molar-refractivity contribution is 9.10. The topological polar surface area (TPSA) is 63.2 Å². The molecule has 4 rings (SSSR count). The van der Waals surface area contributed by atoms with Crippen LogP contribution in [-0.4, -0.2) is 35.5 Å². The number of thioether (sulfide) groups is 1. The molecule has 1 N–H and O–H groups in total. The lowest BCUT2D eigenvalue weighted by Crippen LogP contribution is -2.17. The zero-order chi connectivity index (χ0) is 19.0. The van der Waals surface area contributed by atoms with Crippen LogP contribution >= 0.6 is 27.7 Å². The van der Waals surface area contributed by atoms with E-state index < -0.39 is 0 Å². The summed E-state index contributed by atoms with van der Waals surface area (Å²) in [6, 6.07) is 14.2. The summed E-state index contributed by atoms with van der Waals surface area (Å²) in [4.78, 5) is 6.61. The van der Waals surface area contributed by atoms with E-state index in [9.17, 15) is 0 Å². The fourth-order valence-electron chi connectivity index (χ4n) is 2.85. The second kappa shape index (κ2) is 7.36. The van der Waals surface area contributed by atoms with Gasteiger partial charge < -0.3 is 15.0 Å². The number of nitrogens with one attached hydrogen (secondary N) is 1. The summed E-state index contributed by atoms with van der Waals surface area (Å²) in [6.07, 6.45) is 1.54. The predicted octanol–water partition coefficient (Wildman–Crippen LogP) is 4.59. The molecular formula is C19H18BrN5OS. The van der Waals surface area contributed by atoms with Crippen LogP contribution in [0.2, 0.25) is 0 Å². The van der Waals surface area contributed by atoms with E-state index in [0.717, 1.165) is 27.0 Å². The number of anilines is 2. The fourth-order valence-corrected chi connectivity index (χ4v) is 3.51. The quantitative estimate of drug-likeness (QED) is 0.593. The minimum absolute atomic E-state index is 0.381. The van der Waals surface area contributed by atoms with E-state index in [2.05, 4.69) is 65.6 Å². The van der Waals surface area contributed by atoms with Crippen molar-refractivity contribution >= 4 is 39.1 Å². The number of rotatable bonds is 3.